The molecule has 0 aliphatic carbocycles. The molecule has 0 fully saturated rings. The highest BCUT2D eigenvalue weighted by Crippen LogP contribution is 2.72. The van der Waals surface area contributed by atoms with Crippen molar-refractivity contribution >= 4 is 23.7 Å². The first-order chi connectivity index (χ1) is 42.7. The van der Waals surface area contributed by atoms with Gasteiger partial charge in [-0.3, -0.25) is 14.4 Å². The molecule has 0 aliphatic rings. The van der Waals surface area contributed by atoms with Crippen molar-refractivity contribution in [2.45, 2.75) is 466 Å². The van der Waals surface area contributed by atoms with Gasteiger partial charge in [-0.1, -0.05) is 390 Å². The maximum atomic E-state index is 17.2. The first-order valence-corrected chi connectivity index (χ1v) is 39.6. The highest BCUT2D eigenvalue weighted by Gasteiger charge is 2.82. The van der Waals surface area contributed by atoms with E-state index in [9.17, 15) is 15.3 Å². The second-order valence-electron chi connectivity index (χ2n) is 28.9. The zero-order valence-electron chi connectivity index (χ0n) is 60.9. The molecule has 0 bridgehead atoms. The van der Waals surface area contributed by atoms with Crippen molar-refractivity contribution in [3.05, 3.63) is 0 Å². The zero-order chi connectivity index (χ0) is 65.5. The number of unbranched alkanes of at least 4 members (excludes halogenated alkanes) is 42. The van der Waals surface area contributed by atoms with E-state index in [1.807, 2.05) is 0 Å². The predicted octanol–water partition coefficient (Wildman–Crippen LogP) is 26.5. The number of ether oxygens (including phenoxy) is 1. The van der Waals surface area contributed by atoms with Gasteiger partial charge in [0, 0.05) is 0 Å². The van der Waals surface area contributed by atoms with Crippen molar-refractivity contribution in [2.24, 2.45) is 22.2 Å². The fraction of sp³-hybridized carbons (Fsp3) is 0.950. The molecule has 0 saturated carbocycles. The van der Waals surface area contributed by atoms with Gasteiger partial charge in [-0.25, -0.2) is 4.79 Å². The van der Waals surface area contributed by atoms with Crippen LogP contribution in [0.5, 0.6) is 0 Å². The van der Waals surface area contributed by atoms with Crippen molar-refractivity contribution in [3.63, 3.8) is 0 Å². The molecular weight excluding hydrogens is 1090 g/mol. The fourth-order valence-electron chi connectivity index (χ4n) is 16.6. The number of hydrogen-bond donors (Lipinski definition) is 3. The number of rotatable bonds is 70. The zero-order valence-corrected chi connectivity index (χ0v) is 60.9. The second kappa shape index (κ2) is 55.5. The monoisotopic (exact) mass is 1240 g/mol. The third-order valence-corrected chi connectivity index (χ3v) is 21.5. The summed E-state index contributed by atoms with van der Waals surface area (Å²) in [6.45, 7) is 21.4. The van der Waals surface area contributed by atoms with E-state index in [1.54, 1.807) is 0 Å². The van der Waals surface area contributed by atoms with Crippen LogP contribution in [0.1, 0.15) is 454 Å². The van der Waals surface area contributed by atoms with Gasteiger partial charge in [0.05, 0.1) is 5.60 Å². The lowest BCUT2D eigenvalue weighted by molar-refractivity contribution is -0.301. The second-order valence-corrected chi connectivity index (χ2v) is 28.9. The summed E-state index contributed by atoms with van der Waals surface area (Å²) in [7, 11) is 0. The summed E-state index contributed by atoms with van der Waals surface area (Å²) in [6.07, 6.45) is 55.3. The molecule has 3 N–H and O–H groups in total. The molecule has 88 heavy (non-hydrogen) atoms. The maximum Gasteiger partial charge on any atom is 0.338 e. The van der Waals surface area contributed by atoms with Gasteiger partial charge in [-0.2, -0.15) is 0 Å². The van der Waals surface area contributed by atoms with Crippen LogP contribution in [0.2, 0.25) is 0 Å². The Morgan fingerprint density at radius 1 is 0.273 bits per heavy atom. The Balaban J connectivity index is 10.5. The van der Waals surface area contributed by atoms with E-state index >= 15 is 19.2 Å². The average Bonchev–Trinajstić information content (AvgIpc) is 0.729. The number of carboxylic acids is 3. The molecule has 8 heteroatoms. The molecule has 0 aromatic heterocycles. The molecule has 0 heterocycles. The first-order valence-electron chi connectivity index (χ1n) is 39.6. The molecule has 0 rings (SSSR count). The van der Waals surface area contributed by atoms with Gasteiger partial charge in [0.2, 0.25) is 5.60 Å². The summed E-state index contributed by atoms with van der Waals surface area (Å²) in [5.41, 5.74) is -8.86. The maximum absolute atomic E-state index is 17.2. The molecule has 0 amide bonds. The largest absolute Gasteiger partial charge is 0.481 e. The van der Waals surface area contributed by atoms with Crippen LogP contribution >= 0.6 is 0 Å². The molecule has 0 saturated heterocycles. The third-order valence-electron chi connectivity index (χ3n) is 21.5. The molecule has 5 atom stereocenters. The number of carboxylic acid groups (broad SMARTS) is 3. The minimum atomic E-state index is -2.94. The highest BCUT2D eigenvalue weighted by atomic mass is 16.6. The van der Waals surface area contributed by atoms with Crippen LogP contribution in [0.15, 0.2) is 0 Å². The minimum Gasteiger partial charge on any atom is -0.481 e. The summed E-state index contributed by atoms with van der Waals surface area (Å²) in [6, 6.07) is 0. The SMILES string of the molecule is CCCCCCCCCC(CCCCCC)(CCCCCCCC)OC(C(=O)O)(C(C(C)=O)C(=O)O)C(C(=O)O)(C(CCCCCC)(CCCCCCCC)CCCCCCCCC)C(CCCCCC)(CCCCCCCC)CCCCCCCCC. The van der Waals surface area contributed by atoms with Crippen molar-refractivity contribution in [3.8, 4) is 0 Å². The van der Waals surface area contributed by atoms with Crippen LogP contribution in [0.25, 0.3) is 0 Å². The first kappa shape index (κ1) is 86.0. The summed E-state index contributed by atoms with van der Waals surface area (Å²) in [4.78, 5) is 64.8. The van der Waals surface area contributed by atoms with Crippen molar-refractivity contribution in [1.29, 1.82) is 0 Å². The molecule has 0 radical (unpaired) electrons. The Labute approximate surface area is 548 Å². The smallest absolute Gasteiger partial charge is 0.338 e. The predicted molar refractivity (Wildman–Crippen MR) is 379 cm³/mol. The Hall–Kier alpha value is -1.96. The van der Waals surface area contributed by atoms with Crippen LogP contribution in [0, 0.1) is 22.2 Å². The van der Waals surface area contributed by atoms with Crippen molar-refractivity contribution in [2.75, 3.05) is 0 Å². The highest BCUT2D eigenvalue weighted by molar-refractivity contribution is 6.06. The van der Waals surface area contributed by atoms with Gasteiger partial charge < -0.3 is 20.1 Å². The summed E-state index contributed by atoms with van der Waals surface area (Å²) in [5, 5.41) is 40.0. The van der Waals surface area contributed by atoms with E-state index in [-0.39, 0.29) is 0 Å². The molecule has 0 aromatic rings. The number of Topliss-reactive ketones (excluding diaryl/α,β-unsaturated/α-hetero) is 1. The molecule has 0 aliphatic heterocycles. The van der Waals surface area contributed by atoms with Crippen LogP contribution in [-0.4, -0.2) is 50.2 Å². The Morgan fingerprint density at radius 2 is 0.455 bits per heavy atom. The molecule has 0 spiro atoms. The number of hydrogen-bond acceptors (Lipinski definition) is 5. The molecule has 8 nitrogen and oxygen atoms in total. The third kappa shape index (κ3) is 31.8. The molecular formula is C80H154O8. The van der Waals surface area contributed by atoms with Crippen LogP contribution in [0.3, 0.4) is 0 Å². The van der Waals surface area contributed by atoms with Crippen LogP contribution < -0.4 is 0 Å². The van der Waals surface area contributed by atoms with Gasteiger partial charge in [-0.15, -0.1) is 0 Å². The lowest BCUT2D eigenvalue weighted by Crippen LogP contribution is -2.78. The molecule has 5 unspecified atom stereocenters. The van der Waals surface area contributed by atoms with Crippen LogP contribution in [0.4, 0.5) is 0 Å². The number of ketones is 1. The summed E-state index contributed by atoms with van der Waals surface area (Å²) in [5.74, 6) is -7.27. The standard InChI is InChI=1S/C80H154O8/c1-11-20-29-38-44-49-57-66-76(62-53-35-26-17-7,64-55-47-41-32-23-14-4)80(75(86)87,77(63-54-36-27-18-8,65-56-48-42-33-24-15-5)67-58-50-45-39-30-21-12-2)79(74(84)85,72(71(10)81)73(82)83)88-78(68-59-37-28-19-9,69-60-51-43-34-25-16-6)70-61-52-46-40-31-22-13-3/h72H,11-70H2,1-10H3,(H,82,83)(H,84,85)(H,86,87). The topological polar surface area (TPSA) is 138 Å². The summed E-state index contributed by atoms with van der Waals surface area (Å²) >= 11 is 0. The average molecular weight is 1240 g/mol. The Bertz CT molecular complexity index is 1580. The van der Waals surface area contributed by atoms with Gasteiger partial charge in [-0.05, 0) is 75.5 Å². The van der Waals surface area contributed by atoms with E-state index in [0.29, 0.717) is 57.8 Å². The fourth-order valence-corrected chi connectivity index (χ4v) is 16.6. The Kier molecular flexibility index (Phi) is 54.3. The molecule has 0 aromatic carbocycles. The number of aliphatic carboxylic acids is 3. The lowest BCUT2D eigenvalue weighted by Gasteiger charge is -2.66. The summed E-state index contributed by atoms with van der Waals surface area (Å²) < 4.78 is 8.40. The van der Waals surface area contributed by atoms with Gasteiger partial charge in [0.1, 0.15) is 11.2 Å². The van der Waals surface area contributed by atoms with E-state index < -0.39 is 57.1 Å². The quantitative estimate of drug-likeness (QED) is 0.0404. The van der Waals surface area contributed by atoms with Crippen molar-refractivity contribution < 1.29 is 39.2 Å². The van der Waals surface area contributed by atoms with E-state index in [4.69, 9.17) is 4.74 Å². The number of carbonyl (C=O) groups excluding carboxylic acids is 1. The molecule has 522 valence electrons. The number of carbonyl (C=O) groups is 4. The lowest BCUT2D eigenvalue weighted by atomic mass is 9.37. The minimum absolute atomic E-state index is 0.482. The van der Waals surface area contributed by atoms with Crippen LogP contribution in [-0.2, 0) is 23.9 Å². The normalized spacial score (nSPS) is 15.7. The van der Waals surface area contributed by atoms with E-state index in [0.717, 1.165) is 302 Å². The van der Waals surface area contributed by atoms with Gasteiger partial charge in [0.15, 0.2) is 5.92 Å². The Morgan fingerprint density at radius 3 is 0.625 bits per heavy atom. The van der Waals surface area contributed by atoms with E-state index in [1.165, 1.54) is 32.6 Å². The van der Waals surface area contributed by atoms with Gasteiger partial charge in [0.25, 0.3) is 0 Å². The van der Waals surface area contributed by atoms with Gasteiger partial charge >= 0.3 is 17.9 Å². The van der Waals surface area contributed by atoms with Crippen molar-refractivity contribution in [1.82, 2.24) is 0 Å². The van der Waals surface area contributed by atoms with E-state index in [2.05, 4.69) is 62.3 Å².